The zero-order valence-corrected chi connectivity index (χ0v) is 13.6. The highest BCUT2D eigenvalue weighted by Crippen LogP contribution is 2.20. The van der Waals surface area contributed by atoms with Crippen molar-refractivity contribution in [3.63, 3.8) is 0 Å². The maximum atomic E-state index is 5.91. The van der Waals surface area contributed by atoms with Crippen molar-refractivity contribution in [2.75, 3.05) is 25.0 Å². The number of piperidine rings is 1. The molecule has 0 saturated carbocycles. The second-order valence-electron chi connectivity index (χ2n) is 6.09. The molecule has 116 valence electrons. The van der Waals surface area contributed by atoms with Crippen LogP contribution in [0.1, 0.15) is 18.4 Å². The van der Waals surface area contributed by atoms with Gasteiger partial charge < -0.3 is 5.32 Å². The summed E-state index contributed by atoms with van der Waals surface area (Å²) < 4.78 is 0. The van der Waals surface area contributed by atoms with E-state index in [1.807, 2.05) is 24.3 Å². The maximum absolute atomic E-state index is 5.91. The van der Waals surface area contributed by atoms with Crippen LogP contribution in [0.5, 0.6) is 0 Å². The molecule has 1 aliphatic heterocycles. The number of anilines is 1. The maximum Gasteiger partial charge on any atom is 0.0407 e. The summed E-state index contributed by atoms with van der Waals surface area (Å²) in [4.78, 5) is 2.56. The lowest BCUT2D eigenvalue weighted by molar-refractivity contribution is 0.182. The molecule has 1 aliphatic rings. The van der Waals surface area contributed by atoms with Gasteiger partial charge in [0.2, 0.25) is 0 Å². The summed E-state index contributed by atoms with van der Waals surface area (Å²) in [5, 5.41) is 4.32. The quantitative estimate of drug-likeness (QED) is 0.863. The summed E-state index contributed by atoms with van der Waals surface area (Å²) in [6, 6.07) is 18.7. The molecule has 1 N–H and O–H groups in total. The molecule has 3 rings (SSSR count). The Bertz CT molecular complexity index is 560. The van der Waals surface area contributed by atoms with Crippen LogP contribution in [-0.2, 0) is 6.54 Å². The lowest BCUT2D eigenvalue weighted by Gasteiger charge is -2.32. The lowest BCUT2D eigenvalue weighted by Crippen LogP contribution is -2.35. The van der Waals surface area contributed by atoms with Gasteiger partial charge >= 0.3 is 0 Å². The zero-order chi connectivity index (χ0) is 15.2. The summed E-state index contributed by atoms with van der Waals surface area (Å²) in [7, 11) is 0. The van der Waals surface area contributed by atoms with Crippen LogP contribution in [0.2, 0.25) is 5.02 Å². The van der Waals surface area contributed by atoms with Crippen LogP contribution in [0, 0.1) is 5.92 Å². The van der Waals surface area contributed by atoms with Crippen molar-refractivity contribution in [2.45, 2.75) is 19.4 Å². The number of rotatable bonds is 5. The van der Waals surface area contributed by atoms with Crippen molar-refractivity contribution in [2.24, 2.45) is 5.92 Å². The molecule has 0 bridgehead atoms. The fraction of sp³-hybridized carbons (Fsp3) is 0.368. The molecule has 0 spiro atoms. The molecular formula is C19H23ClN2. The molecule has 1 saturated heterocycles. The highest BCUT2D eigenvalue weighted by molar-refractivity contribution is 6.30. The highest BCUT2D eigenvalue weighted by Gasteiger charge is 2.18. The van der Waals surface area contributed by atoms with E-state index in [-0.39, 0.29) is 0 Å². The Morgan fingerprint density at radius 2 is 1.64 bits per heavy atom. The Morgan fingerprint density at radius 1 is 0.955 bits per heavy atom. The van der Waals surface area contributed by atoms with Crippen LogP contribution in [0.4, 0.5) is 5.69 Å². The van der Waals surface area contributed by atoms with Crippen LogP contribution in [0.3, 0.4) is 0 Å². The first kappa shape index (κ1) is 15.4. The fourth-order valence-corrected chi connectivity index (χ4v) is 3.15. The molecule has 3 heteroatoms. The second-order valence-corrected chi connectivity index (χ2v) is 6.53. The molecule has 2 aromatic rings. The minimum atomic E-state index is 0.766. The SMILES string of the molecule is Clc1ccc(NCC2CCN(Cc3ccccc3)CC2)cc1. The van der Waals surface area contributed by atoms with E-state index in [1.165, 1.54) is 31.5 Å². The summed E-state index contributed by atoms with van der Waals surface area (Å²) in [5.74, 6) is 0.766. The predicted molar refractivity (Wildman–Crippen MR) is 94.4 cm³/mol. The molecule has 0 amide bonds. The monoisotopic (exact) mass is 314 g/mol. The first-order valence-corrected chi connectivity index (χ1v) is 8.43. The van der Waals surface area contributed by atoms with E-state index < -0.39 is 0 Å². The normalized spacial score (nSPS) is 16.6. The van der Waals surface area contributed by atoms with Gasteiger partial charge in [-0.3, -0.25) is 4.90 Å². The summed E-state index contributed by atoms with van der Waals surface area (Å²) >= 11 is 5.91. The number of benzene rings is 2. The van der Waals surface area contributed by atoms with Gasteiger partial charge in [0, 0.05) is 23.8 Å². The average molecular weight is 315 g/mol. The highest BCUT2D eigenvalue weighted by atomic mass is 35.5. The summed E-state index contributed by atoms with van der Waals surface area (Å²) in [5.41, 5.74) is 2.58. The number of nitrogens with one attached hydrogen (secondary N) is 1. The van der Waals surface area contributed by atoms with E-state index >= 15 is 0 Å². The number of hydrogen-bond donors (Lipinski definition) is 1. The van der Waals surface area contributed by atoms with Crippen LogP contribution in [0.25, 0.3) is 0 Å². The first-order valence-electron chi connectivity index (χ1n) is 8.05. The third kappa shape index (κ3) is 4.49. The number of nitrogens with zero attached hydrogens (tertiary/aromatic N) is 1. The van der Waals surface area contributed by atoms with Crippen molar-refractivity contribution < 1.29 is 0 Å². The molecule has 22 heavy (non-hydrogen) atoms. The van der Waals surface area contributed by atoms with Gasteiger partial charge in [-0.25, -0.2) is 0 Å². The van der Waals surface area contributed by atoms with E-state index in [4.69, 9.17) is 11.6 Å². The molecule has 0 unspecified atom stereocenters. The van der Waals surface area contributed by atoms with Gasteiger partial charge in [-0.2, -0.15) is 0 Å². The van der Waals surface area contributed by atoms with Gasteiger partial charge in [0.05, 0.1) is 0 Å². The predicted octanol–water partition coefficient (Wildman–Crippen LogP) is 4.66. The molecule has 0 radical (unpaired) electrons. The minimum absolute atomic E-state index is 0.766. The van der Waals surface area contributed by atoms with Crippen LogP contribution in [-0.4, -0.2) is 24.5 Å². The van der Waals surface area contributed by atoms with E-state index in [1.54, 1.807) is 0 Å². The van der Waals surface area contributed by atoms with Gasteiger partial charge in [-0.05, 0) is 61.7 Å². The number of likely N-dealkylation sites (tertiary alicyclic amines) is 1. The Balaban J connectivity index is 1.41. The standard InChI is InChI=1S/C19H23ClN2/c20-18-6-8-19(9-7-18)21-14-16-10-12-22(13-11-16)15-17-4-2-1-3-5-17/h1-9,16,21H,10-15H2. The van der Waals surface area contributed by atoms with Crippen molar-refractivity contribution in [1.82, 2.24) is 4.90 Å². The average Bonchev–Trinajstić information content (AvgIpc) is 2.57. The van der Waals surface area contributed by atoms with Gasteiger partial charge in [0.1, 0.15) is 0 Å². The Kier molecular flexibility index (Phi) is 5.36. The second kappa shape index (κ2) is 7.66. The topological polar surface area (TPSA) is 15.3 Å². The van der Waals surface area contributed by atoms with Crippen LogP contribution < -0.4 is 5.32 Å². The zero-order valence-electron chi connectivity index (χ0n) is 12.8. The third-order valence-corrected chi connectivity index (χ3v) is 4.65. The lowest BCUT2D eigenvalue weighted by atomic mass is 9.96. The molecule has 2 aromatic carbocycles. The molecule has 1 fully saturated rings. The number of hydrogen-bond acceptors (Lipinski definition) is 2. The Morgan fingerprint density at radius 3 is 2.32 bits per heavy atom. The largest absolute Gasteiger partial charge is 0.385 e. The smallest absolute Gasteiger partial charge is 0.0407 e. The molecule has 0 aliphatic carbocycles. The molecule has 2 nitrogen and oxygen atoms in total. The van der Waals surface area contributed by atoms with Crippen molar-refractivity contribution in [3.05, 3.63) is 65.2 Å². The summed E-state index contributed by atoms with van der Waals surface area (Å²) in [6.45, 7) is 4.53. The third-order valence-electron chi connectivity index (χ3n) is 4.40. The van der Waals surface area contributed by atoms with E-state index in [9.17, 15) is 0 Å². The molecule has 0 aromatic heterocycles. The first-order chi connectivity index (χ1) is 10.8. The number of halogens is 1. The molecule has 1 heterocycles. The Labute approximate surface area is 138 Å². The summed E-state index contributed by atoms with van der Waals surface area (Å²) in [6.07, 6.45) is 2.54. The minimum Gasteiger partial charge on any atom is -0.385 e. The van der Waals surface area contributed by atoms with E-state index in [2.05, 4.69) is 40.5 Å². The molecule has 0 atom stereocenters. The van der Waals surface area contributed by atoms with Gasteiger partial charge in [-0.1, -0.05) is 41.9 Å². The van der Waals surface area contributed by atoms with E-state index in [0.29, 0.717) is 0 Å². The Hall–Kier alpha value is -1.51. The van der Waals surface area contributed by atoms with Crippen LogP contribution in [0.15, 0.2) is 54.6 Å². The molecular weight excluding hydrogens is 292 g/mol. The van der Waals surface area contributed by atoms with Gasteiger partial charge in [0.15, 0.2) is 0 Å². The van der Waals surface area contributed by atoms with Crippen molar-refractivity contribution in [3.8, 4) is 0 Å². The van der Waals surface area contributed by atoms with Gasteiger partial charge in [0.25, 0.3) is 0 Å². The van der Waals surface area contributed by atoms with Gasteiger partial charge in [-0.15, -0.1) is 0 Å². The van der Waals surface area contributed by atoms with E-state index in [0.717, 1.165) is 29.7 Å². The van der Waals surface area contributed by atoms with Crippen molar-refractivity contribution >= 4 is 17.3 Å². The van der Waals surface area contributed by atoms with Crippen LogP contribution >= 0.6 is 11.6 Å². The fourth-order valence-electron chi connectivity index (χ4n) is 3.02. The van der Waals surface area contributed by atoms with Crippen molar-refractivity contribution in [1.29, 1.82) is 0 Å².